The van der Waals surface area contributed by atoms with Crippen LogP contribution in [0.1, 0.15) is 19.3 Å². The minimum atomic E-state index is 0.754. The molecule has 0 aromatic heterocycles. The lowest BCUT2D eigenvalue weighted by molar-refractivity contribution is 0.366. The zero-order valence-electron chi connectivity index (χ0n) is 6.79. The first-order chi connectivity index (χ1) is 5.37. The summed E-state index contributed by atoms with van der Waals surface area (Å²) in [5.41, 5.74) is 6.49. The SMILES string of the molecule is NCC1CC2C=CC1C21CC1. The molecule has 2 saturated carbocycles. The van der Waals surface area contributed by atoms with Crippen molar-refractivity contribution in [3.05, 3.63) is 12.2 Å². The van der Waals surface area contributed by atoms with Gasteiger partial charge in [0.05, 0.1) is 0 Å². The first-order valence-electron chi connectivity index (χ1n) is 4.75. The molecule has 3 atom stereocenters. The predicted octanol–water partition coefficient (Wildman–Crippen LogP) is 1.55. The summed E-state index contributed by atoms with van der Waals surface area (Å²) in [6, 6.07) is 0. The van der Waals surface area contributed by atoms with Crippen molar-refractivity contribution in [1.82, 2.24) is 0 Å². The summed E-state index contributed by atoms with van der Waals surface area (Å²) in [6.45, 7) is 0.910. The second-order valence-electron chi connectivity index (χ2n) is 4.48. The zero-order valence-corrected chi connectivity index (χ0v) is 6.79. The van der Waals surface area contributed by atoms with E-state index in [9.17, 15) is 0 Å². The lowest BCUT2D eigenvalue weighted by Crippen LogP contribution is -2.20. The molecule has 0 radical (unpaired) electrons. The Morgan fingerprint density at radius 1 is 1.36 bits per heavy atom. The van der Waals surface area contributed by atoms with E-state index in [0.29, 0.717) is 0 Å². The molecule has 2 N–H and O–H groups in total. The van der Waals surface area contributed by atoms with Gasteiger partial charge >= 0.3 is 0 Å². The molecular formula is C10H15N. The van der Waals surface area contributed by atoms with Crippen LogP contribution in [0, 0.1) is 23.2 Å². The van der Waals surface area contributed by atoms with Gasteiger partial charge in [-0.15, -0.1) is 0 Å². The number of allylic oxidation sites excluding steroid dienone is 2. The maximum Gasteiger partial charge on any atom is -0.00428 e. The minimum Gasteiger partial charge on any atom is -0.330 e. The van der Waals surface area contributed by atoms with Gasteiger partial charge in [-0.1, -0.05) is 12.2 Å². The van der Waals surface area contributed by atoms with Crippen molar-refractivity contribution in [3.8, 4) is 0 Å². The van der Waals surface area contributed by atoms with Crippen molar-refractivity contribution in [2.24, 2.45) is 28.9 Å². The van der Waals surface area contributed by atoms with Crippen molar-refractivity contribution in [1.29, 1.82) is 0 Å². The first-order valence-corrected chi connectivity index (χ1v) is 4.75. The van der Waals surface area contributed by atoms with Crippen molar-refractivity contribution < 1.29 is 0 Å². The third-order valence-electron chi connectivity index (χ3n) is 4.15. The summed E-state index contributed by atoms with van der Waals surface area (Å²) in [5, 5.41) is 0. The molecule has 0 saturated heterocycles. The molecule has 0 aliphatic heterocycles. The molecular weight excluding hydrogens is 134 g/mol. The van der Waals surface area contributed by atoms with E-state index in [4.69, 9.17) is 5.73 Å². The Kier molecular flexibility index (Phi) is 0.972. The molecule has 0 aromatic rings. The largest absolute Gasteiger partial charge is 0.330 e. The van der Waals surface area contributed by atoms with E-state index in [-0.39, 0.29) is 0 Å². The van der Waals surface area contributed by atoms with Gasteiger partial charge in [-0.25, -0.2) is 0 Å². The van der Waals surface area contributed by atoms with Crippen LogP contribution >= 0.6 is 0 Å². The number of nitrogens with two attached hydrogens (primary N) is 1. The summed E-state index contributed by atoms with van der Waals surface area (Å²) < 4.78 is 0. The smallest absolute Gasteiger partial charge is 0.00428 e. The van der Waals surface area contributed by atoms with Gasteiger partial charge in [0.15, 0.2) is 0 Å². The average molecular weight is 149 g/mol. The Hall–Kier alpha value is -0.300. The van der Waals surface area contributed by atoms with Crippen LogP contribution in [0.15, 0.2) is 12.2 Å². The number of hydrogen-bond donors (Lipinski definition) is 1. The van der Waals surface area contributed by atoms with E-state index < -0.39 is 0 Å². The Bertz CT molecular complexity index is 215. The van der Waals surface area contributed by atoms with Crippen LogP contribution in [-0.4, -0.2) is 6.54 Å². The molecule has 2 fully saturated rings. The second-order valence-corrected chi connectivity index (χ2v) is 4.48. The topological polar surface area (TPSA) is 26.0 Å². The normalized spacial score (nSPS) is 49.0. The Balaban J connectivity index is 1.95. The molecule has 3 aliphatic carbocycles. The van der Waals surface area contributed by atoms with Crippen LogP contribution in [0.5, 0.6) is 0 Å². The van der Waals surface area contributed by atoms with Gasteiger partial charge in [-0.2, -0.15) is 0 Å². The highest BCUT2D eigenvalue weighted by molar-refractivity contribution is 5.26. The van der Waals surface area contributed by atoms with Crippen LogP contribution in [-0.2, 0) is 0 Å². The van der Waals surface area contributed by atoms with Crippen LogP contribution in [0.25, 0.3) is 0 Å². The highest BCUT2D eigenvalue weighted by Gasteiger charge is 2.62. The van der Waals surface area contributed by atoms with Gasteiger partial charge < -0.3 is 5.73 Å². The van der Waals surface area contributed by atoms with E-state index in [1.165, 1.54) is 19.3 Å². The van der Waals surface area contributed by atoms with Crippen LogP contribution in [0.4, 0.5) is 0 Å². The van der Waals surface area contributed by atoms with E-state index >= 15 is 0 Å². The molecule has 3 unspecified atom stereocenters. The lowest BCUT2D eigenvalue weighted by Gasteiger charge is -2.17. The highest BCUT2D eigenvalue weighted by atomic mass is 14.7. The minimum absolute atomic E-state index is 0.754. The van der Waals surface area contributed by atoms with Gasteiger partial charge in [-0.3, -0.25) is 0 Å². The fourth-order valence-corrected chi connectivity index (χ4v) is 3.39. The van der Waals surface area contributed by atoms with Crippen molar-refractivity contribution in [2.45, 2.75) is 19.3 Å². The molecule has 0 amide bonds. The van der Waals surface area contributed by atoms with Gasteiger partial charge in [0.25, 0.3) is 0 Å². The van der Waals surface area contributed by atoms with Crippen LogP contribution in [0.2, 0.25) is 0 Å². The number of hydrogen-bond acceptors (Lipinski definition) is 1. The summed E-state index contributed by atoms with van der Waals surface area (Å²) >= 11 is 0. The van der Waals surface area contributed by atoms with Gasteiger partial charge in [-0.05, 0) is 49.0 Å². The molecule has 1 heteroatoms. The molecule has 60 valence electrons. The molecule has 3 rings (SSSR count). The summed E-state index contributed by atoms with van der Waals surface area (Å²) in [4.78, 5) is 0. The van der Waals surface area contributed by atoms with Crippen LogP contribution in [0.3, 0.4) is 0 Å². The van der Waals surface area contributed by atoms with E-state index in [0.717, 1.165) is 29.7 Å². The Morgan fingerprint density at radius 2 is 2.18 bits per heavy atom. The first kappa shape index (κ1) is 6.24. The monoisotopic (exact) mass is 149 g/mol. The molecule has 0 heterocycles. The van der Waals surface area contributed by atoms with E-state index in [1.54, 1.807) is 0 Å². The van der Waals surface area contributed by atoms with Crippen molar-refractivity contribution in [2.75, 3.05) is 6.54 Å². The molecule has 2 bridgehead atoms. The quantitative estimate of drug-likeness (QED) is 0.562. The third-order valence-corrected chi connectivity index (χ3v) is 4.15. The molecule has 3 aliphatic rings. The number of rotatable bonds is 1. The average Bonchev–Trinajstić information content (AvgIpc) is 2.69. The van der Waals surface area contributed by atoms with Gasteiger partial charge in [0, 0.05) is 0 Å². The fourth-order valence-electron chi connectivity index (χ4n) is 3.39. The fraction of sp³-hybridized carbons (Fsp3) is 0.800. The molecule has 11 heavy (non-hydrogen) atoms. The zero-order chi connectivity index (χ0) is 7.47. The van der Waals surface area contributed by atoms with Crippen molar-refractivity contribution in [3.63, 3.8) is 0 Å². The summed E-state index contributed by atoms with van der Waals surface area (Å²) in [6.07, 6.45) is 9.23. The van der Waals surface area contributed by atoms with Crippen molar-refractivity contribution >= 4 is 0 Å². The summed E-state index contributed by atoms with van der Waals surface area (Å²) in [7, 11) is 0. The maximum atomic E-state index is 5.74. The molecule has 1 spiro atoms. The van der Waals surface area contributed by atoms with Crippen LogP contribution < -0.4 is 5.73 Å². The predicted molar refractivity (Wildman–Crippen MR) is 44.9 cm³/mol. The molecule has 0 aromatic carbocycles. The van der Waals surface area contributed by atoms with E-state index in [2.05, 4.69) is 12.2 Å². The lowest BCUT2D eigenvalue weighted by atomic mass is 9.89. The van der Waals surface area contributed by atoms with Gasteiger partial charge in [0.1, 0.15) is 0 Å². The second kappa shape index (κ2) is 1.71. The Labute approximate surface area is 67.7 Å². The highest BCUT2D eigenvalue weighted by Crippen LogP contribution is 2.69. The van der Waals surface area contributed by atoms with E-state index in [1.807, 2.05) is 0 Å². The third kappa shape index (κ3) is 0.572. The molecule has 1 nitrogen and oxygen atoms in total. The maximum absolute atomic E-state index is 5.74. The standard InChI is InChI=1S/C10H15N/c11-6-7-5-8-1-2-9(7)10(8)3-4-10/h1-2,7-9H,3-6,11H2. The summed E-state index contributed by atoms with van der Waals surface area (Å²) in [5.74, 6) is 2.62. The Morgan fingerprint density at radius 3 is 2.64 bits per heavy atom. The van der Waals surface area contributed by atoms with Gasteiger partial charge in [0.2, 0.25) is 0 Å².